The number of methoxy groups -OCH3 is 1. The van der Waals surface area contributed by atoms with Crippen molar-refractivity contribution in [2.75, 3.05) is 33.3 Å². The molecule has 6 nitrogen and oxygen atoms in total. The smallest absolute Gasteiger partial charge is 0.387 e. The van der Waals surface area contributed by atoms with Crippen molar-refractivity contribution in [3.05, 3.63) is 64.7 Å². The van der Waals surface area contributed by atoms with Gasteiger partial charge in [0.1, 0.15) is 11.6 Å². The van der Waals surface area contributed by atoms with Crippen LogP contribution in [0, 0.1) is 17.6 Å². The minimum Gasteiger partial charge on any atom is -0.493 e. The van der Waals surface area contributed by atoms with Crippen molar-refractivity contribution in [1.82, 2.24) is 9.80 Å². The zero-order chi connectivity index (χ0) is 29.5. The summed E-state index contributed by atoms with van der Waals surface area (Å²) in [6.45, 7) is 1.33. The number of rotatable bonds is 11. The second-order valence-electron chi connectivity index (χ2n) is 11.2. The number of ether oxygens (including phenoxy) is 2. The quantitative estimate of drug-likeness (QED) is 0.327. The minimum absolute atomic E-state index is 0.0229. The Bertz CT molecular complexity index is 1220. The highest BCUT2D eigenvalue weighted by molar-refractivity contribution is 5.95. The highest BCUT2D eigenvalue weighted by Crippen LogP contribution is 2.31. The molecule has 1 atom stereocenters. The number of carbonyl (C=O) groups is 1. The molecule has 1 unspecified atom stereocenters. The molecule has 2 fully saturated rings. The summed E-state index contributed by atoms with van der Waals surface area (Å²) in [6.07, 6.45) is 7.84. The summed E-state index contributed by atoms with van der Waals surface area (Å²) in [7, 11) is 1.32. The van der Waals surface area contributed by atoms with E-state index in [2.05, 4.69) is 9.64 Å². The van der Waals surface area contributed by atoms with E-state index in [1.54, 1.807) is 17.9 Å². The summed E-state index contributed by atoms with van der Waals surface area (Å²) >= 11 is 0. The molecule has 2 N–H and O–H groups in total. The van der Waals surface area contributed by atoms with Crippen LogP contribution < -0.4 is 15.2 Å². The van der Waals surface area contributed by atoms with Gasteiger partial charge in [-0.15, -0.1) is 0 Å². The predicted octanol–water partition coefficient (Wildman–Crippen LogP) is 6.10. The van der Waals surface area contributed by atoms with Crippen LogP contribution in [0.4, 0.5) is 17.6 Å². The molecule has 1 amide bonds. The van der Waals surface area contributed by atoms with Crippen molar-refractivity contribution in [3.63, 3.8) is 0 Å². The van der Waals surface area contributed by atoms with Crippen LogP contribution in [-0.2, 0) is 0 Å². The third kappa shape index (κ3) is 8.45. The molecule has 0 radical (unpaired) electrons. The Labute approximate surface area is 239 Å². The lowest BCUT2D eigenvalue weighted by Gasteiger charge is -2.35. The first-order chi connectivity index (χ1) is 19.6. The second kappa shape index (κ2) is 14.2. The summed E-state index contributed by atoms with van der Waals surface area (Å²) < 4.78 is 63.2. The van der Waals surface area contributed by atoms with Crippen LogP contribution in [-0.4, -0.2) is 67.7 Å². The Kier molecular flexibility index (Phi) is 10.7. The molecule has 224 valence electrons. The first-order valence-electron chi connectivity index (χ1n) is 14.2. The zero-order valence-corrected chi connectivity index (χ0v) is 23.6. The minimum atomic E-state index is -3.03. The van der Waals surface area contributed by atoms with Crippen LogP contribution >= 0.6 is 0 Å². The standard InChI is InChI=1S/C31H39F4N3O3/c1-20(14-22-7-9-24(32)16-27(22)33)17-38(30(39)23-8-12-28(41-31(34)35)29(15-23)40-2)19-26-4-3-13-37(26)18-21-5-10-25(36)11-6-21/h7-9,12,14-16,21,25-26,31H,3-6,10-11,13,17-19,36H2,1-2H3. The van der Waals surface area contributed by atoms with Gasteiger partial charge in [-0.1, -0.05) is 11.6 Å². The topological polar surface area (TPSA) is 68.0 Å². The maximum absolute atomic E-state index is 14.4. The van der Waals surface area contributed by atoms with E-state index in [1.807, 2.05) is 0 Å². The van der Waals surface area contributed by atoms with Gasteiger partial charge in [0, 0.05) is 48.9 Å². The molecule has 2 aromatic rings. The Morgan fingerprint density at radius 2 is 1.85 bits per heavy atom. The van der Waals surface area contributed by atoms with Gasteiger partial charge in [0.15, 0.2) is 11.5 Å². The van der Waals surface area contributed by atoms with E-state index in [0.717, 1.165) is 57.7 Å². The number of nitrogens with zero attached hydrogens (tertiary/aromatic N) is 2. The van der Waals surface area contributed by atoms with Crippen LogP contribution in [0.1, 0.15) is 61.4 Å². The van der Waals surface area contributed by atoms with Gasteiger partial charge in [-0.05, 0) is 88.2 Å². The van der Waals surface area contributed by atoms with Gasteiger partial charge in [0.05, 0.1) is 7.11 Å². The summed E-state index contributed by atoms with van der Waals surface area (Å²) in [4.78, 5) is 18.0. The molecule has 1 aliphatic heterocycles. The fourth-order valence-corrected chi connectivity index (χ4v) is 5.93. The first-order valence-corrected chi connectivity index (χ1v) is 14.2. The van der Waals surface area contributed by atoms with Gasteiger partial charge in [-0.3, -0.25) is 9.69 Å². The fraction of sp³-hybridized carbons (Fsp3) is 0.516. The van der Waals surface area contributed by atoms with Gasteiger partial charge in [-0.2, -0.15) is 8.78 Å². The molecule has 41 heavy (non-hydrogen) atoms. The molecule has 1 saturated heterocycles. The number of hydrogen-bond acceptors (Lipinski definition) is 5. The molecule has 2 aromatic carbocycles. The van der Waals surface area contributed by atoms with Crippen molar-refractivity contribution in [1.29, 1.82) is 0 Å². The monoisotopic (exact) mass is 577 g/mol. The predicted molar refractivity (Wildman–Crippen MR) is 150 cm³/mol. The van der Waals surface area contributed by atoms with Crippen molar-refractivity contribution in [2.24, 2.45) is 11.7 Å². The van der Waals surface area contributed by atoms with E-state index in [9.17, 15) is 22.4 Å². The maximum atomic E-state index is 14.4. The van der Waals surface area contributed by atoms with Crippen LogP contribution in [0.15, 0.2) is 42.0 Å². The normalized spacial score (nSPS) is 21.8. The number of nitrogens with two attached hydrogens (primary N) is 1. The Balaban J connectivity index is 1.56. The van der Waals surface area contributed by atoms with Crippen molar-refractivity contribution in [2.45, 2.75) is 64.1 Å². The molecule has 10 heteroatoms. The average molecular weight is 578 g/mol. The third-order valence-electron chi connectivity index (χ3n) is 8.03. The average Bonchev–Trinajstić information content (AvgIpc) is 3.37. The molecule has 0 spiro atoms. The van der Waals surface area contributed by atoms with E-state index in [4.69, 9.17) is 10.5 Å². The van der Waals surface area contributed by atoms with Crippen LogP contribution in [0.25, 0.3) is 6.08 Å². The number of amides is 1. The molecule has 0 bridgehead atoms. The van der Waals surface area contributed by atoms with Gasteiger partial charge in [-0.25, -0.2) is 8.78 Å². The van der Waals surface area contributed by atoms with Gasteiger partial charge in [0.25, 0.3) is 5.91 Å². The number of hydrogen-bond donors (Lipinski definition) is 1. The Morgan fingerprint density at radius 3 is 2.54 bits per heavy atom. The highest BCUT2D eigenvalue weighted by atomic mass is 19.3. The van der Waals surface area contributed by atoms with Crippen LogP contribution in [0.5, 0.6) is 11.5 Å². The van der Waals surface area contributed by atoms with Gasteiger partial charge < -0.3 is 20.1 Å². The fourth-order valence-electron chi connectivity index (χ4n) is 5.93. The van der Waals surface area contributed by atoms with E-state index in [0.29, 0.717) is 18.0 Å². The number of alkyl halides is 2. The van der Waals surface area contributed by atoms with Crippen molar-refractivity contribution in [3.8, 4) is 11.5 Å². The second-order valence-corrected chi connectivity index (χ2v) is 11.2. The molecule has 1 aliphatic carbocycles. The largest absolute Gasteiger partial charge is 0.493 e. The summed E-state index contributed by atoms with van der Waals surface area (Å²) in [6, 6.07) is 7.93. The molecule has 2 aliphatic rings. The van der Waals surface area contributed by atoms with Crippen LogP contribution in [0.3, 0.4) is 0 Å². The lowest BCUT2D eigenvalue weighted by molar-refractivity contribution is -0.0512. The lowest BCUT2D eigenvalue weighted by atomic mass is 9.86. The van der Waals surface area contributed by atoms with E-state index in [1.165, 1.54) is 37.4 Å². The zero-order valence-electron chi connectivity index (χ0n) is 23.6. The Hall–Kier alpha value is -3.11. The van der Waals surface area contributed by atoms with Gasteiger partial charge in [0.2, 0.25) is 0 Å². The number of benzene rings is 2. The first kappa shape index (κ1) is 30.8. The number of likely N-dealkylation sites (tertiary alicyclic amines) is 1. The highest BCUT2D eigenvalue weighted by Gasteiger charge is 2.31. The summed E-state index contributed by atoms with van der Waals surface area (Å²) in [5, 5.41) is 0. The molecular weight excluding hydrogens is 538 g/mol. The molecule has 4 rings (SSSR count). The molecule has 1 heterocycles. The van der Waals surface area contributed by atoms with E-state index in [-0.39, 0.29) is 47.2 Å². The van der Waals surface area contributed by atoms with E-state index < -0.39 is 18.2 Å². The van der Waals surface area contributed by atoms with Crippen molar-refractivity contribution < 1.29 is 31.8 Å². The molecule has 1 saturated carbocycles. The van der Waals surface area contributed by atoms with E-state index >= 15 is 0 Å². The van der Waals surface area contributed by atoms with Gasteiger partial charge >= 0.3 is 6.61 Å². The molecule has 0 aromatic heterocycles. The SMILES string of the molecule is COc1cc(C(=O)N(CC(C)=Cc2ccc(F)cc2F)CC2CCCN2CC2CCC(N)CC2)ccc1OC(F)F. The lowest BCUT2D eigenvalue weighted by Crippen LogP contribution is -2.45. The summed E-state index contributed by atoms with van der Waals surface area (Å²) in [5.41, 5.74) is 7.29. The summed E-state index contributed by atoms with van der Waals surface area (Å²) in [5.74, 6) is -1.22. The number of carbonyl (C=O) groups excluding carboxylic acids is 1. The molecular formula is C31H39F4N3O3. The van der Waals surface area contributed by atoms with Crippen molar-refractivity contribution >= 4 is 12.0 Å². The Morgan fingerprint density at radius 1 is 1.10 bits per heavy atom. The number of halogens is 4. The van der Waals surface area contributed by atoms with Crippen LogP contribution in [0.2, 0.25) is 0 Å². The third-order valence-corrected chi connectivity index (χ3v) is 8.03. The maximum Gasteiger partial charge on any atom is 0.387 e.